The van der Waals surface area contributed by atoms with Gasteiger partial charge in [-0.25, -0.2) is 9.69 Å². The molecular formula is C14H14F3NO5S. The van der Waals surface area contributed by atoms with Gasteiger partial charge >= 0.3 is 21.7 Å². The summed E-state index contributed by atoms with van der Waals surface area (Å²) in [4.78, 5) is 12.8. The number of benzene rings is 1. The fraction of sp³-hybridized carbons (Fsp3) is 0.357. The molecule has 1 aromatic carbocycles. The molecule has 0 saturated heterocycles. The van der Waals surface area contributed by atoms with E-state index < -0.39 is 27.6 Å². The Balaban J connectivity index is 2.06. The fourth-order valence-electron chi connectivity index (χ4n) is 1.91. The van der Waals surface area contributed by atoms with Crippen LogP contribution in [0.3, 0.4) is 0 Å². The first-order valence-corrected chi connectivity index (χ1v) is 8.30. The van der Waals surface area contributed by atoms with Gasteiger partial charge in [-0.05, 0) is 24.5 Å². The molecule has 0 aliphatic carbocycles. The molecule has 24 heavy (non-hydrogen) atoms. The summed E-state index contributed by atoms with van der Waals surface area (Å²) in [5.74, 6) is -0.698. The zero-order valence-corrected chi connectivity index (χ0v) is 13.1. The van der Waals surface area contributed by atoms with Crippen LogP contribution in [0.25, 0.3) is 0 Å². The third kappa shape index (κ3) is 4.40. The van der Waals surface area contributed by atoms with Crippen molar-refractivity contribution in [2.45, 2.75) is 25.0 Å². The maximum absolute atomic E-state index is 12.4. The maximum Gasteiger partial charge on any atom is 0.534 e. The highest BCUT2D eigenvalue weighted by Crippen LogP contribution is 2.29. The number of carbonyl (C=O) groups excluding carboxylic acids is 1. The van der Waals surface area contributed by atoms with Crippen molar-refractivity contribution >= 4 is 16.2 Å². The van der Waals surface area contributed by atoms with Crippen LogP contribution in [-0.4, -0.2) is 31.5 Å². The molecule has 2 rings (SSSR count). The second kappa shape index (κ2) is 7.12. The lowest BCUT2D eigenvalue weighted by atomic mass is 10.2. The number of hydrogen-bond acceptors (Lipinski definition) is 5. The van der Waals surface area contributed by atoms with E-state index in [1.807, 2.05) is 0 Å². The van der Waals surface area contributed by atoms with Crippen LogP contribution in [0.15, 0.2) is 42.3 Å². The quantitative estimate of drug-likeness (QED) is 0.605. The average molecular weight is 365 g/mol. The second-order valence-electron chi connectivity index (χ2n) is 4.86. The molecule has 0 spiro atoms. The van der Waals surface area contributed by atoms with Crippen molar-refractivity contribution in [3.63, 3.8) is 0 Å². The first kappa shape index (κ1) is 18.1. The van der Waals surface area contributed by atoms with Crippen molar-refractivity contribution in [3.05, 3.63) is 47.9 Å². The van der Waals surface area contributed by atoms with Crippen molar-refractivity contribution in [1.82, 2.24) is 4.90 Å². The molecule has 0 fully saturated rings. The number of halogens is 3. The SMILES string of the molecule is O=C(OCc1ccccc1)N1CCCC=C1OS(=O)(=O)C(F)(F)F. The van der Waals surface area contributed by atoms with E-state index in [1.165, 1.54) is 0 Å². The molecule has 0 atom stereocenters. The van der Waals surface area contributed by atoms with Crippen LogP contribution in [0.1, 0.15) is 18.4 Å². The topological polar surface area (TPSA) is 72.9 Å². The Morgan fingerprint density at radius 3 is 2.50 bits per heavy atom. The Hall–Kier alpha value is -2.23. The smallest absolute Gasteiger partial charge is 0.444 e. The monoisotopic (exact) mass is 365 g/mol. The van der Waals surface area contributed by atoms with E-state index in [4.69, 9.17) is 4.74 Å². The summed E-state index contributed by atoms with van der Waals surface area (Å²) in [7, 11) is -5.85. The summed E-state index contributed by atoms with van der Waals surface area (Å²) in [5, 5.41) is 0. The second-order valence-corrected chi connectivity index (χ2v) is 6.40. The third-order valence-corrected chi connectivity index (χ3v) is 4.03. The van der Waals surface area contributed by atoms with E-state index in [9.17, 15) is 26.4 Å². The molecule has 6 nitrogen and oxygen atoms in total. The maximum atomic E-state index is 12.4. The Morgan fingerprint density at radius 2 is 1.88 bits per heavy atom. The lowest BCUT2D eigenvalue weighted by Gasteiger charge is -2.27. The molecule has 0 saturated carbocycles. The largest absolute Gasteiger partial charge is 0.534 e. The molecule has 132 valence electrons. The molecule has 0 N–H and O–H groups in total. The van der Waals surface area contributed by atoms with E-state index in [1.54, 1.807) is 30.3 Å². The standard InChI is InChI=1S/C14H14F3NO5S/c15-14(16,17)24(20,21)23-12-8-4-5-9-18(12)13(19)22-10-11-6-2-1-3-7-11/h1-3,6-8H,4-5,9-10H2. The van der Waals surface area contributed by atoms with Gasteiger partial charge in [-0.3, -0.25) is 0 Å². The summed E-state index contributed by atoms with van der Waals surface area (Å²) >= 11 is 0. The third-order valence-electron chi connectivity index (χ3n) is 3.07. The number of hydrogen-bond donors (Lipinski definition) is 0. The fourth-order valence-corrected chi connectivity index (χ4v) is 2.39. The Labute approximate surface area is 136 Å². The number of allylic oxidation sites excluding steroid dienone is 1. The normalized spacial score (nSPS) is 15.6. The molecule has 10 heteroatoms. The minimum Gasteiger partial charge on any atom is -0.444 e. The number of nitrogens with zero attached hydrogens (tertiary/aromatic N) is 1. The number of amides is 1. The van der Waals surface area contributed by atoms with Crippen LogP contribution in [0.4, 0.5) is 18.0 Å². The summed E-state index contributed by atoms with van der Waals surface area (Å²) in [6.45, 7) is -0.109. The molecule has 1 aliphatic heterocycles. The van der Waals surface area contributed by atoms with Crippen LogP contribution in [0.5, 0.6) is 0 Å². The van der Waals surface area contributed by atoms with Crippen molar-refractivity contribution in [2.75, 3.05) is 6.54 Å². The van der Waals surface area contributed by atoms with Gasteiger partial charge in [0.25, 0.3) is 0 Å². The van der Waals surface area contributed by atoms with E-state index in [2.05, 4.69) is 4.18 Å². The first-order chi connectivity index (χ1) is 11.2. The Bertz CT molecular complexity index is 716. The van der Waals surface area contributed by atoms with E-state index in [0.717, 1.165) is 11.0 Å². The number of rotatable bonds is 4. The molecule has 0 unspecified atom stereocenters. The van der Waals surface area contributed by atoms with Gasteiger partial charge in [-0.2, -0.15) is 21.6 Å². The van der Waals surface area contributed by atoms with Crippen LogP contribution >= 0.6 is 0 Å². The van der Waals surface area contributed by atoms with Gasteiger partial charge in [0.1, 0.15) is 6.61 Å². The summed E-state index contributed by atoms with van der Waals surface area (Å²) < 4.78 is 68.5. The highest BCUT2D eigenvalue weighted by molar-refractivity contribution is 7.87. The minimum absolute atomic E-state index is 0.00711. The predicted octanol–water partition coefficient (Wildman–Crippen LogP) is 3.13. The number of ether oxygens (including phenoxy) is 1. The van der Waals surface area contributed by atoms with Crippen LogP contribution in [0.2, 0.25) is 0 Å². The van der Waals surface area contributed by atoms with E-state index in [0.29, 0.717) is 12.0 Å². The van der Waals surface area contributed by atoms with Gasteiger partial charge in [-0.1, -0.05) is 30.3 Å². The van der Waals surface area contributed by atoms with Crippen molar-refractivity contribution in [3.8, 4) is 0 Å². The summed E-state index contributed by atoms with van der Waals surface area (Å²) in [6.07, 6.45) is 0.850. The molecule has 0 aromatic heterocycles. The van der Waals surface area contributed by atoms with Gasteiger partial charge in [0, 0.05) is 6.54 Å². The van der Waals surface area contributed by atoms with Crippen molar-refractivity contribution in [1.29, 1.82) is 0 Å². The van der Waals surface area contributed by atoms with Gasteiger partial charge in [0.05, 0.1) is 0 Å². The molecule has 1 heterocycles. The molecular weight excluding hydrogens is 351 g/mol. The number of carbonyl (C=O) groups is 1. The molecule has 1 amide bonds. The molecule has 0 bridgehead atoms. The molecule has 0 radical (unpaired) electrons. The van der Waals surface area contributed by atoms with Crippen LogP contribution in [0, 0.1) is 0 Å². The Kier molecular flexibility index (Phi) is 5.37. The first-order valence-electron chi connectivity index (χ1n) is 6.90. The van der Waals surface area contributed by atoms with Gasteiger partial charge in [0.15, 0.2) is 0 Å². The highest BCUT2D eigenvalue weighted by atomic mass is 32.2. The lowest BCUT2D eigenvalue weighted by molar-refractivity contribution is -0.0539. The number of alkyl halides is 3. The highest BCUT2D eigenvalue weighted by Gasteiger charge is 2.49. The van der Waals surface area contributed by atoms with Gasteiger partial charge in [0.2, 0.25) is 5.88 Å². The average Bonchev–Trinajstić information content (AvgIpc) is 2.52. The Morgan fingerprint density at radius 1 is 1.21 bits per heavy atom. The molecule has 1 aliphatic rings. The minimum atomic E-state index is -5.85. The van der Waals surface area contributed by atoms with Gasteiger partial charge in [-0.15, -0.1) is 0 Å². The van der Waals surface area contributed by atoms with Crippen molar-refractivity contribution < 1.29 is 35.3 Å². The zero-order chi connectivity index (χ0) is 17.8. The van der Waals surface area contributed by atoms with Crippen LogP contribution in [-0.2, 0) is 25.6 Å². The van der Waals surface area contributed by atoms with E-state index >= 15 is 0 Å². The van der Waals surface area contributed by atoms with Crippen molar-refractivity contribution in [2.24, 2.45) is 0 Å². The van der Waals surface area contributed by atoms with E-state index in [-0.39, 0.29) is 19.6 Å². The van der Waals surface area contributed by atoms with Gasteiger partial charge < -0.3 is 8.92 Å². The summed E-state index contributed by atoms with van der Waals surface area (Å²) in [5.41, 5.74) is -4.90. The van der Waals surface area contributed by atoms with Crippen LogP contribution < -0.4 is 0 Å². The lowest BCUT2D eigenvalue weighted by Crippen LogP contribution is -2.37. The zero-order valence-electron chi connectivity index (χ0n) is 12.3. The summed E-state index contributed by atoms with van der Waals surface area (Å²) in [6, 6.07) is 8.63. The predicted molar refractivity (Wildman–Crippen MR) is 76.7 cm³/mol. The molecule has 1 aromatic rings.